The lowest BCUT2D eigenvalue weighted by Crippen LogP contribution is -1.97. The number of rotatable bonds is 2. The molecule has 0 unspecified atom stereocenters. The fourth-order valence-corrected chi connectivity index (χ4v) is 2.95. The molecule has 0 spiro atoms. The highest BCUT2D eigenvalue weighted by molar-refractivity contribution is 6.00. The number of nitrogens with one attached hydrogen (secondary N) is 1. The first-order valence-electron chi connectivity index (χ1n) is 7.83. The Hall–Kier alpha value is -3.22. The van der Waals surface area contributed by atoms with E-state index in [1.54, 1.807) is 12.4 Å². The summed E-state index contributed by atoms with van der Waals surface area (Å²) in [6, 6.07) is 15.5. The van der Waals surface area contributed by atoms with Gasteiger partial charge in [-0.15, -0.1) is 0 Å². The molecule has 4 aromatic rings. The van der Waals surface area contributed by atoms with Gasteiger partial charge in [-0.2, -0.15) is 0 Å². The first-order valence-corrected chi connectivity index (χ1v) is 7.83. The van der Waals surface area contributed by atoms with Crippen LogP contribution in [-0.2, 0) is 0 Å². The molecule has 0 bridgehead atoms. The average molecular weight is 351 g/mol. The zero-order valence-corrected chi connectivity index (χ0v) is 14.5. The third kappa shape index (κ3) is 3.15. The maximum absolute atomic E-state index is 10.0. The lowest BCUT2D eigenvalue weighted by Gasteiger charge is -2.12. The van der Waals surface area contributed by atoms with Crippen LogP contribution in [0.25, 0.3) is 21.7 Å². The van der Waals surface area contributed by atoms with Crippen molar-refractivity contribution < 1.29 is 16.1 Å². The van der Waals surface area contributed by atoms with Crippen molar-refractivity contribution in [3.05, 3.63) is 66.0 Å². The number of benzene rings is 3. The number of phenolic OH excluding ortho intramolecular Hbond substituents is 1. The molecule has 0 atom stereocenters. The summed E-state index contributed by atoms with van der Waals surface area (Å²) in [7, 11) is 0. The monoisotopic (exact) mass is 351 g/mol. The molecule has 26 heavy (non-hydrogen) atoms. The van der Waals surface area contributed by atoms with Gasteiger partial charge in [0.1, 0.15) is 17.9 Å². The summed E-state index contributed by atoms with van der Waals surface area (Å²) in [5.41, 5.74) is 4.23. The minimum absolute atomic E-state index is 0. The van der Waals surface area contributed by atoms with Crippen LogP contribution < -0.4 is 5.32 Å². The van der Waals surface area contributed by atoms with E-state index in [1.807, 2.05) is 30.3 Å². The molecule has 3 aromatic carbocycles. The Morgan fingerprint density at radius 2 is 1.50 bits per heavy atom. The number of aryl methyl sites for hydroxylation is 2. The van der Waals surface area contributed by atoms with Gasteiger partial charge in [0.15, 0.2) is 0 Å². The molecule has 6 N–H and O–H groups in total. The van der Waals surface area contributed by atoms with E-state index in [-0.39, 0.29) is 16.7 Å². The van der Waals surface area contributed by atoms with E-state index >= 15 is 0 Å². The van der Waals surface area contributed by atoms with Crippen molar-refractivity contribution in [2.45, 2.75) is 13.8 Å². The Kier molecular flexibility index (Phi) is 5.40. The van der Waals surface area contributed by atoms with Crippen LogP contribution in [0.3, 0.4) is 0 Å². The van der Waals surface area contributed by atoms with Crippen LogP contribution in [0.1, 0.15) is 11.1 Å². The van der Waals surface area contributed by atoms with Crippen LogP contribution >= 0.6 is 0 Å². The van der Waals surface area contributed by atoms with Gasteiger partial charge in [0.25, 0.3) is 0 Å². The molecule has 0 aliphatic carbocycles. The molecule has 0 aliphatic heterocycles. The van der Waals surface area contributed by atoms with Crippen LogP contribution in [-0.4, -0.2) is 26.0 Å². The Bertz CT molecular complexity index is 1080. The Balaban J connectivity index is 0.00000121. The second kappa shape index (κ2) is 7.35. The van der Waals surface area contributed by atoms with Gasteiger partial charge in [-0.05, 0) is 49.2 Å². The highest BCUT2D eigenvalue weighted by Crippen LogP contribution is 2.33. The normalized spacial score (nSPS) is 10.2. The zero-order valence-electron chi connectivity index (χ0n) is 14.5. The average Bonchev–Trinajstić information content (AvgIpc) is 2.58. The summed E-state index contributed by atoms with van der Waals surface area (Å²) in [6.07, 6.45) is 1.57. The predicted octanol–water partition coefficient (Wildman–Crippen LogP) is 3.20. The molecule has 4 rings (SSSR count). The van der Waals surface area contributed by atoms with Crippen LogP contribution in [0.4, 0.5) is 11.5 Å². The van der Waals surface area contributed by atoms with Crippen LogP contribution in [0, 0.1) is 13.8 Å². The fourth-order valence-electron chi connectivity index (χ4n) is 2.95. The molecule has 6 heteroatoms. The van der Waals surface area contributed by atoms with Gasteiger partial charge in [-0.25, -0.2) is 9.97 Å². The first-order chi connectivity index (χ1) is 11.6. The van der Waals surface area contributed by atoms with E-state index in [1.165, 1.54) is 11.1 Å². The molecule has 134 valence electrons. The second-order valence-corrected chi connectivity index (χ2v) is 5.98. The number of hydrogen-bond acceptors (Lipinski definition) is 4. The first kappa shape index (κ1) is 19.1. The van der Waals surface area contributed by atoms with Gasteiger partial charge in [-0.1, -0.05) is 24.3 Å². The summed E-state index contributed by atoms with van der Waals surface area (Å²) in [4.78, 5) is 8.79. The summed E-state index contributed by atoms with van der Waals surface area (Å²) in [5, 5.41) is 16.2. The maximum Gasteiger partial charge on any atom is 0.141 e. The SMILES string of the molecule is Cc1cc2ncnc(Nc3cccc4c(O)cccc34)c2cc1C.O.O. The van der Waals surface area contributed by atoms with Crippen molar-refractivity contribution in [1.82, 2.24) is 9.97 Å². The molecule has 0 fully saturated rings. The lowest BCUT2D eigenvalue weighted by atomic mass is 10.1. The number of nitrogens with zero attached hydrogens (tertiary/aromatic N) is 2. The number of anilines is 2. The molecule has 6 nitrogen and oxygen atoms in total. The van der Waals surface area contributed by atoms with Gasteiger partial charge >= 0.3 is 0 Å². The van der Waals surface area contributed by atoms with E-state index in [0.717, 1.165) is 33.2 Å². The number of aromatic nitrogens is 2. The number of phenols is 1. The third-order valence-electron chi connectivity index (χ3n) is 4.40. The van der Waals surface area contributed by atoms with Gasteiger partial charge in [0.2, 0.25) is 0 Å². The largest absolute Gasteiger partial charge is 0.507 e. The molecule has 0 aliphatic rings. The van der Waals surface area contributed by atoms with Crippen LogP contribution in [0.5, 0.6) is 5.75 Å². The standard InChI is InChI=1S/C20H17N3O.2H2O/c1-12-9-16-18(10-13(12)2)21-11-22-20(16)23-17-7-3-6-15-14(17)5-4-8-19(15)24;;/h3-11,24H,1-2H3,(H,21,22,23);2*1H2. The smallest absolute Gasteiger partial charge is 0.141 e. The van der Waals surface area contributed by atoms with Gasteiger partial charge in [0.05, 0.1) is 5.52 Å². The van der Waals surface area contributed by atoms with Crippen molar-refractivity contribution in [3.8, 4) is 5.75 Å². The molecule has 0 saturated carbocycles. The summed E-state index contributed by atoms with van der Waals surface area (Å²) in [5.74, 6) is 1.04. The summed E-state index contributed by atoms with van der Waals surface area (Å²) in [6.45, 7) is 4.17. The van der Waals surface area contributed by atoms with E-state index < -0.39 is 0 Å². The maximum atomic E-state index is 10.0. The van der Waals surface area contributed by atoms with E-state index in [0.29, 0.717) is 0 Å². The summed E-state index contributed by atoms with van der Waals surface area (Å²) < 4.78 is 0. The lowest BCUT2D eigenvalue weighted by molar-refractivity contribution is 0.481. The fraction of sp³-hybridized carbons (Fsp3) is 0.100. The zero-order chi connectivity index (χ0) is 16.7. The highest BCUT2D eigenvalue weighted by atomic mass is 16.3. The van der Waals surface area contributed by atoms with Crippen LogP contribution in [0.2, 0.25) is 0 Å². The van der Waals surface area contributed by atoms with Crippen molar-refractivity contribution in [2.24, 2.45) is 0 Å². The number of aromatic hydroxyl groups is 1. The van der Waals surface area contributed by atoms with Gasteiger partial charge in [-0.3, -0.25) is 0 Å². The summed E-state index contributed by atoms with van der Waals surface area (Å²) >= 11 is 0. The third-order valence-corrected chi connectivity index (χ3v) is 4.40. The molecule has 0 radical (unpaired) electrons. The Labute approximate surface area is 150 Å². The van der Waals surface area contributed by atoms with Crippen molar-refractivity contribution >= 4 is 33.2 Å². The van der Waals surface area contributed by atoms with E-state index in [2.05, 4.69) is 41.3 Å². The van der Waals surface area contributed by atoms with Gasteiger partial charge < -0.3 is 21.4 Å². The number of fused-ring (bicyclic) bond motifs is 2. The van der Waals surface area contributed by atoms with E-state index in [4.69, 9.17) is 0 Å². The Morgan fingerprint density at radius 3 is 2.31 bits per heavy atom. The molecular formula is C20H21N3O3. The predicted molar refractivity (Wildman–Crippen MR) is 105 cm³/mol. The van der Waals surface area contributed by atoms with Crippen LogP contribution in [0.15, 0.2) is 54.9 Å². The molecular weight excluding hydrogens is 330 g/mol. The minimum atomic E-state index is 0. The quantitative estimate of drug-likeness (QED) is 0.576. The highest BCUT2D eigenvalue weighted by Gasteiger charge is 2.09. The van der Waals surface area contributed by atoms with E-state index in [9.17, 15) is 5.11 Å². The molecule has 0 saturated heterocycles. The second-order valence-electron chi connectivity index (χ2n) is 5.98. The Morgan fingerprint density at radius 1 is 0.808 bits per heavy atom. The molecule has 1 heterocycles. The molecule has 1 aromatic heterocycles. The minimum Gasteiger partial charge on any atom is -0.507 e. The van der Waals surface area contributed by atoms with Crippen molar-refractivity contribution in [3.63, 3.8) is 0 Å². The topological polar surface area (TPSA) is 121 Å². The van der Waals surface area contributed by atoms with Crippen molar-refractivity contribution in [1.29, 1.82) is 0 Å². The van der Waals surface area contributed by atoms with Crippen molar-refractivity contribution in [2.75, 3.05) is 5.32 Å². The number of hydrogen-bond donors (Lipinski definition) is 2. The molecule has 0 amide bonds. The van der Waals surface area contributed by atoms with Gasteiger partial charge in [0, 0.05) is 21.8 Å².